The first-order chi connectivity index (χ1) is 13.2. The number of methoxy groups -OCH3 is 2. The predicted octanol–water partition coefficient (Wildman–Crippen LogP) is 3.86. The van der Waals surface area contributed by atoms with E-state index in [2.05, 4.69) is 27.4 Å². The Labute approximate surface area is 161 Å². The van der Waals surface area contributed by atoms with Gasteiger partial charge in [-0.15, -0.1) is 0 Å². The number of aryl methyl sites for hydroxylation is 1. The molecule has 0 spiro atoms. The van der Waals surface area contributed by atoms with Gasteiger partial charge in [0.1, 0.15) is 5.82 Å². The number of hydrogen-bond donors (Lipinski definition) is 1. The van der Waals surface area contributed by atoms with Gasteiger partial charge >= 0.3 is 0 Å². The molecule has 144 valence electrons. The smallest absolute Gasteiger partial charge is 0.160 e. The Kier molecular flexibility index (Phi) is 5.30. The standard InChI is InChI=1S/C22H29N3O2/c1-14-23-11-15(12-24-14)13-25-22-18-7-5-4-6-17(18)21(22)16-8-9-19(26-2)20(10-16)27-3/h8-12,17-18,21-22,25H,4-7,13H2,1-3H3/t17-,18+,21-,22-/m0/s1. The number of ether oxygens (including phenoxy) is 2. The molecule has 5 nitrogen and oxygen atoms in total. The molecule has 1 heterocycles. The molecule has 4 atom stereocenters. The van der Waals surface area contributed by atoms with Crippen LogP contribution in [0.5, 0.6) is 11.5 Å². The maximum atomic E-state index is 5.55. The van der Waals surface area contributed by atoms with E-state index in [9.17, 15) is 0 Å². The molecule has 1 aromatic carbocycles. The molecular weight excluding hydrogens is 338 g/mol. The minimum Gasteiger partial charge on any atom is -0.493 e. The molecule has 5 heteroatoms. The van der Waals surface area contributed by atoms with E-state index < -0.39 is 0 Å². The summed E-state index contributed by atoms with van der Waals surface area (Å²) in [5.74, 6) is 4.49. The third kappa shape index (κ3) is 3.53. The summed E-state index contributed by atoms with van der Waals surface area (Å²) in [4.78, 5) is 8.64. The summed E-state index contributed by atoms with van der Waals surface area (Å²) in [6, 6.07) is 6.91. The SMILES string of the molecule is COc1ccc([C@H]2[C@H]3CCCC[C@H]3[C@@H]2NCc2cnc(C)nc2)cc1OC. The van der Waals surface area contributed by atoms with Gasteiger partial charge in [0, 0.05) is 36.5 Å². The highest BCUT2D eigenvalue weighted by Gasteiger charge is 2.51. The van der Waals surface area contributed by atoms with Gasteiger partial charge in [-0.25, -0.2) is 9.97 Å². The van der Waals surface area contributed by atoms with Crippen LogP contribution in [-0.2, 0) is 6.54 Å². The highest BCUT2D eigenvalue weighted by atomic mass is 16.5. The zero-order chi connectivity index (χ0) is 18.8. The summed E-state index contributed by atoms with van der Waals surface area (Å²) in [5, 5.41) is 3.82. The molecule has 4 rings (SSSR count). The number of hydrogen-bond acceptors (Lipinski definition) is 5. The first-order valence-corrected chi connectivity index (χ1v) is 9.94. The lowest BCUT2D eigenvalue weighted by Crippen LogP contribution is -2.57. The van der Waals surface area contributed by atoms with Crippen LogP contribution in [0.1, 0.15) is 48.6 Å². The van der Waals surface area contributed by atoms with Gasteiger partial charge in [0.25, 0.3) is 0 Å². The van der Waals surface area contributed by atoms with E-state index in [0.29, 0.717) is 12.0 Å². The molecule has 1 N–H and O–H groups in total. The Balaban J connectivity index is 1.54. The van der Waals surface area contributed by atoms with Crippen LogP contribution in [0, 0.1) is 18.8 Å². The predicted molar refractivity (Wildman–Crippen MR) is 105 cm³/mol. The van der Waals surface area contributed by atoms with Gasteiger partial charge in [-0.3, -0.25) is 0 Å². The lowest BCUT2D eigenvalue weighted by Gasteiger charge is -2.55. The quantitative estimate of drug-likeness (QED) is 0.840. The average Bonchev–Trinajstić information content (AvgIpc) is 2.70. The zero-order valence-corrected chi connectivity index (χ0v) is 16.4. The summed E-state index contributed by atoms with van der Waals surface area (Å²) >= 11 is 0. The molecule has 2 fully saturated rings. The lowest BCUT2D eigenvalue weighted by atomic mass is 9.53. The molecule has 2 saturated carbocycles. The second-order valence-corrected chi connectivity index (χ2v) is 7.80. The molecule has 2 aliphatic rings. The van der Waals surface area contributed by atoms with Crippen molar-refractivity contribution < 1.29 is 9.47 Å². The van der Waals surface area contributed by atoms with Crippen molar-refractivity contribution in [1.29, 1.82) is 0 Å². The fourth-order valence-corrected chi connectivity index (χ4v) is 5.01. The Morgan fingerprint density at radius 1 is 1.00 bits per heavy atom. The Morgan fingerprint density at radius 2 is 1.70 bits per heavy atom. The summed E-state index contributed by atoms with van der Waals surface area (Å²) < 4.78 is 11.0. The molecule has 2 aromatic rings. The minimum absolute atomic E-state index is 0.495. The lowest BCUT2D eigenvalue weighted by molar-refractivity contribution is 0.0252. The molecule has 0 aliphatic heterocycles. The van der Waals surface area contributed by atoms with E-state index >= 15 is 0 Å². The van der Waals surface area contributed by atoms with E-state index in [4.69, 9.17) is 9.47 Å². The van der Waals surface area contributed by atoms with Crippen LogP contribution in [0.3, 0.4) is 0 Å². The van der Waals surface area contributed by atoms with Gasteiger partial charge in [0.15, 0.2) is 11.5 Å². The van der Waals surface area contributed by atoms with Gasteiger partial charge in [0.2, 0.25) is 0 Å². The van der Waals surface area contributed by atoms with Gasteiger partial charge < -0.3 is 14.8 Å². The van der Waals surface area contributed by atoms with Crippen LogP contribution < -0.4 is 14.8 Å². The van der Waals surface area contributed by atoms with Crippen LogP contribution in [0.2, 0.25) is 0 Å². The molecule has 1 aromatic heterocycles. The van der Waals surface area contributed by atoms with Crippen molar-refractivity contribution >= 4 is 0 Å². The van der Waals surface area contributed by atoms with E-state index in [1.807, 2.05) is 25.4 Å². The molecular formula is C22H29N3O2. The number of rotatable bonds is 6. The maximum absolute atomic E-state index is 5.55. The maximum Gasteiger partial charge on any atom is 0.160 e. The van der Waals surface area contributed by atoms with Crippen molar-refractivity contribution in [2.45, 2.75) is 51.1 Å². The molecule has 0 saturated heterocycles. The van der Waals surface area contributed by atoms with Gasteiger partial charge in [-0.2, -0.15) is 0 Å². The second kappa shape index (κ2) is 7.85. The Hall–Kier alpha value is -2.14. The zero-order valence-electron chi connectivity index (χ0n) is 16.4. The molecule has 2 aliphatic carbocycles. The fraction of sp³-hybridized carbons (Fsp3) is 0.545. The van der Waals surface area contributed by atoms with Crippen LogP contribution in [0.4, 0.5) is 0 Å². The number of benzene rings is 1. The fourth-order valence-electron chi connectivity index (χ4n) is 5.01. The summed E-state index contributed by atoms with van der Waals surface area (Å²) in [6.45, 7) is 2.74. The van der Waals surface area contributed by atoms with Crippen molar-refractivity contribution in [2.75, 3.05) is 14.2 Å². The van der Waals surface area contributed by atoms with E-state index in [1.54, 1.807) is 14.2 Å². The van der Waals surface area contributed by atoms with Gasteiger partial charge in [0.05, 0.1) is 14.2 Å². The summed E-state index contributed by atoms with van der Waals surface area (Å²) in [6.07, 6.45) is 9.22. The highest BCUT2D eigenvalue weighted by Crippen LogP contribution is 2.55. The van der Waals surface area contributed by atoms with Crippen molar-refractivity contribution in [3.05, 3.63) is 47.5 Å². The number of nitrogens with zero attached hydrogens (tertiary/aromatic N) is 2. The van der Waals surface area contributed by atoms with Crippen molar-refractivity contribution in [2.24, 2.45) is 11.8 Å². The van der Waals surface area contributed by atoms with Crippen LogP contribution in [0.25, 0.3) is 0 Å². The van der Waals surface area contributed by atoms with E-state index in [1.165, 1.54) is 31.2 Å². The van der Waals surface area contributed by atoms with Crippen LogP contribution >= 0.6 is 0 Å². The van der Waals surface area contributed by atoms with Crippen LogP contribution in [-0.4, -0.2) is 30.2 Å². The van der Waals surface area contributed by atoms with E-state index in [0.717, 1.165) is 41.3 Å². The Morgan fingerprint density at radius 3 is 2.41 bits per heavy atom. The van der Waals surface area contributed by atoms with E-state index in [-0.39, 0.29) is 0 Å². The van der Waals surface area contributed by atoms with Crippen molar-refractivity contribution in [3.8, 4) is 11.5 Å². The topological polar surface area (TPSA) is 56.3 Å². The number of aromatic nitrogens is 2. The Bertz CT molecular complexity index is 778. The molecule has 0 unspecified atom stereocenters. The monoisotopic (exact) mass is 367 g/mol. The highest BCUT2D eigenvalue weighted by molar-refractivity contribution is 5.45. The summed E-state index contributed by atoms with van der Waals surface area (Å²) in [5.41, 5.74) is 2.50. The number of nitrogens with one attached hydrogen (secondary N) is 1. The van der Waals surface area contributed by atoms with Crippen LogP contribution in [0.15, 0.2) is 30.6 Å². The first-order valence-electron chi connectivity index (χ1n) is 9.94. The van der Waals surface area contributed by atoms with Gasteiger partial charge in [-0.05, 0) is 49.3 Å². The van der Waals surface area contributed by atoms with Gasteiger partial charge in [-0.1, -0.05) is 18.9 Å². The normalized spacial score (nSPS) is 26.8. The molecule has 0 radical (unpaired) electrons. The third-order valence-corrected chi connectivity index (χ3v) is 6.35. The molecule has 0 amide bonds. The third-order valence-electron chi connectivity index (χ3n) is 6.35. The summed E-state index contributed by atoms with van der Waals surface area (Å²) in [7, 11) is 3.39. The second-order valence-electron chi connectivity index (χ2n) is 7.80. The first kappa shape index (κ1) is 18.2. The average molecular weight is 367 g/mol. The van der Waals surface area contributed by atoms with Crippen molar-refractivity contribution in [1.82, 2.24) is 15.3 Å². The number of fused-ring (bicyclic) bond motifs is 1. The minimum atomic E-state index is 0.495. The largest absolute Gasteiger partial charge is 0.493 e. The molecule has 0 bridgehead atoms. The van der Waals surface area contributed by atoms with Crippen molar-refractivity contribution in [3.63, 3.8) is 0 Å². The molecule has 27 heavy (non-hydrogen) atoms.